The number of hydrogen-bond donors (Lipinski definition) is 4. The van der Waals surface area contributed by atoms with Crippen molar-refractivity contribution in [3.63, 3.8) is 0 Å². The third-order valence-corrected chi connectivity index (χ3v) is 2.57. The van der Waals surface area contributed by atoms with Gasteiger partial charge in [-0.15, -0.1) is 0 Å². The number of para-hydroxylation sites is 1. The summed E-state index contributed by atoms with van der Waals surface area (Å²) < 4.78 is 0. The van der Waals surface area contributed by atoms with Gasteiger partial charge in [0.1, 0.15) is 5.82 Å². The van der Waals surface area contributed by atoms with Gasteiger partial charge in [0.2, 0.25) is 0 Å². The molecule has 0 fully saturated rings. The van der Waals surface area contributed by atoms with E-state index >= 15 is 0 Å². The van der Waals surface area contributed by atoms with Gasteiger partial charge in [0, 0.05) is 5.39 Å². The lowest BCUT2D eigenvalue weighted by Crippen LogP contribution is -2.08. The van der Waals surface area contributed by atoms with Crippen molar-refractivity contribution < 1.29 is 0 Å². The number of benzene rings is 1. The first-order valence-electron chi connectivity index (χ1n) is 4.80. The maximum atomic E-state index is 5.79. The third kappa shape index (κ3) is 1.04. The third-order valence-electron chi connectivity index (χ3n) is 2.57. The second-order valence-electron chi connectivity index (χ2n) is 3.48. The Morgan fingerprint density at radius 2 is 2.06 bits per heavy atom. The Morgan fingerprint density at radius 3 is 2.88 bits per heavy atom. The number of hydrazine groups is 1. The van der Waals surface area contributed by atoms with E-state index in [9.17, 15) is 0 Å². The van der Waals surface area contributed by atoms with Crippen molar-refractivity contribution in [2.45, 2.75) is 0 Å². The summed E-state index contributed by atoms with van der Waals surface area (Å²) in [4.78, 5) is 4.39. The van der Waals surface area contributed by atoms with Crippen molar-refractivity contribution in [1.29, 1.82) is 0 Å². The molecule has 6 heteroatoms. The molecule has 3 rings (SSSR count). The predicted molar refractivity (Wildman–Crippen MR) is 63.6 cm³/mol. The van der Waals surface area contributed by atoms with Gasteiger partial charge >= 0.3 is 0 Å². The number of anilines is 2. The molecule has 2 aromatic heterocycles. The van der Waals surface area contributed by atoms with Gasteiger partial charge in [-0.2, -0.15) is 5.10 Å². The van der Waals surface area contributed by atoms with E-state index in [0.717, 1.165) is 22.0 Å². The molecule has 0 amide bonds. The Balaban J connectivity index is 2.59. The standard InChI is InChI=1S/C10H10N6/c11-9-7-8(14-12)5-3-1-2-4-6(5)13-10(7)16-15-9/h1-4H,12H2,(H4,11,13,14,15,16). The van der Waals surface area contributed by atoms with Crippen molar-refractivity contribution in [3.8, 4) is 0 Å². The number of aromatic nitrogens is 3. The molecule has 0 saturated carbocycles. The summed E-state index contributed by atoms with van der Waals surface area (Å²) in [6, 6.07) is 7.67. The largest absolute Gasteiger partial charge is 0.383 e. The lowest BCUT2D eigenvalue weighted by atomic mass is 10.1. The van der Waals surface area contributed by atoms with Gasteiger partial charge in [0.25, 0.3) is 0 Å². The molecule has 0 aliphatic carbocycles. The van der Waals surface area contributed by atoms with Crippen LogP contribution >= 0.6 is 0 Å². The Morgan fingerprint density at radius 1 is 1.25 bits per heavy atom. The molecular weight excluding hydrogens is 204 g/mol. The second-order valence-corrected chi connectivity index (χ2v) is 3.48. The number of fused-ring (bicyclic) bond motifs is 2. The van der Waals surface area contributed by atoms with E-state index in [0.29, 0.717) is 11.5 Å². The van der Waals surface area contributed by atoms with Gasteiger partial charge in [0.05, 0.1) is 16.6 Å². The van der Waals surface area contributed by atoms with E-state index in [-0.39, 0.29) is 0 Å². The first-order valence-corrected chi connectivity index (χ1v) is 4.80. The number of nitrogens with zero attached hydrogens (tertiary/aromatic N) is 2. The van der Waals surface area contributed by atoms with Gasteiger partial charge in [-0.1, -0.05) is 18.2 Å². The molecule has 0 spiro atoms. The molecule has 0 aliphatic rings. The number of pyridine rings is 1. The Kier molecular flexibility index (Phi) is 1.72. The first-order chi connectivity index (χ1) is 7.81. The summed E-state index contributed by atoms with van der Waals surface area (Å²) in [5, 5.41) is 8.36. The molecule has 0 bridgehead atoms. The van der Waals surface area contributed by atoms with Crippen LogP contribution in [0.15, 0.2) is 24.3 Å². The lowest BCUT2D eigenvalue weighted by Gasteiger charge is -2.06. The monoisotopic (exact) mass is 214 g/mol. The maximum absolute atomic E-state index is 5.79. The van der Waals surface area contributed by atoms with Crippen LogP contribution in [0.25, 0.3) is 21.9 Å². The fourth-order valence-electron chi connectivity index (χ4n) is 1.85. The summed E-state index contributed by atoms with van der Waals surface area (Å²) >= 11 is 0. The van der Waals surface area contributed by atoms with Crippen LogP contribution in [-0.4, -0.2) is 15.2 Å². The van der Waals surface area contributed by atoms with E-state index in [4.69, 9.17) is 11.6 Å². The van der Waals surface area contributed by atoms with Crippen LogP contribution in [0.3, 0.4) is 0 Å². The molecule has 0 radical (unpaired) electrons. The van der Waals surface area contributed by atoms with Gasteiger partial charge in [-0.3, -0.25) is 10.9 Å². The van der Waals surface area contributed by atoms with Crippen LogP contribution in [0.4, 0.5) is 11.5 Å². The van der Waals surface area contributed by atoms with Gasteiger partial charge in [-0.25, -0.2) is 4.98 Å². The van der Waals surface area contributed by atoms with Crippen LogP contribution < -0.4 is 17.0 Å². The Bertz CT molecular complexity index is 671. The predicted octanol–water partition coefficient (Wildman–Crippen LogP) is 0.979. The topological polar surface area (TPSA) is 106 Å². The molecule has 0 unspecified atom stereocenters. The average Bonchev–Trinajstić information content (AvgIpc) is 2.68. The van der Waals surface area contributed by atoms with Gasteiger partial charge in [-0.05, 0) is 6.07 Å². The number of hydrogen-bond acceptors (Lipinski definition) is 5. The van der Waals surface area contributed by atoms with Crippen molar-refractivity contribution in [2.24, 2.45) is 5.84 Å². The van der Waals surface area contributed by atoms with Crippen molar-refractivity contribution in [1.82, 2.24) is 15.2 Å². The molecule has 0 aliphatic heterocycles. The van der Waals surface area contributed by atoms with E-state index in [1.165, 1.54) is 0 Å². The van der Waals surface area contributed by atoms with Crippen molar-refractivity contribution >= 4 is 33.4 Å². The number of nitrogens with one attached hydrogen (secondary N) is 2. The van der Waals surface area contributed by atoms with Crippen LogP contribution in [0, 0.1) is 0 Å². The van der Waals surface area contributed by atoms with Gasteiger partial charge < -0.3 is 11.2 Å². The minimum atomic E-state index is 0.459. The van der Waals surface area contributed by atoms with Crippen LogP contribution in [0.2, 0.25) is 0 Å². The minimum Gasteiger partial charge on any atom is -0.383 e. The molecule has 3 aromatic rings. The SMILES string of the molecule is NNc1c2ccccc2nc2n[nH]c(N)c12. The maximum Gasteiger partial charge on any atom is 0.185 e. The van der Waals surface area contributed by atoms with E-state index in [1.807, 2.05) is 24.3 Å². The molecular formula is C10H10N6. The molecule has 0 saturated heterocycles. The smallest absolute Gasteiger partial charge is 0.185 e. The van der Waals surface area contributed by atoms with Crippen LogP contribution in [0.1, 0.15) is 0 Å². The molecule has 16 heavy (non-hydrogen) atoms. The fourth-order valence-corrected chi connectivity index (χ4v) is 1.85. The Labute approximate surface area is 90.6 Å². The highest BCUT2D eigenvalue weighted by atomic mass is 15.2. The molecule has 1 aromatic carbocycles. The minimum absolute atomic E-state index is 0.459. The lowest BCUT2D eigenvalue weighted by molar-refractivity contribution is 1.11. The molecule has 0 atom stereocenters. The molecule has 80 valence electrons. The van der Waals surface area contributed by atoms with Gasteiger partial charge in [0.15, 0.2) is 5.65 Å². The van der Waals surface area contributed by atoms with Crippen molar-refractivity contribution in [3.05, 3.63) is 24.3 Å². The van der Waals surface area contributed by atoms with Crippen LogP contribution in [-0.2, 0) is 0 Å². The zero-order valence-corrected chi connectivity index (χ0v) is 8.36. The zero-order valence-electron chi connectivity index (χ0n) is 8.36. The average molecular weight is 214 g/mol. The summed E-state index contributed by atoms with van der Waals surface area (Å²) in [6.07, 6.45) is 0. The highest BCUT2D eigenvalue weighted by molar-refractivity contribution is 6.10. The van der Waals surface area contributed by atoms with E-state index in [2.05, 4.69) is 20.6 Å². The van der Waals surface area contributed by atoms with Crippen LogP contribution in [0.5, 0.6) is 0 Å². The zero-order chi connectivity index (χ0) is 11.1. The summed E-state index contributed by atoms with van der Waals surface area (Å²) in [7, 11) is 0. The molecule has 6 nitrogen and oxygen atoms in total. The van der Waals surface area contributed by atoms with E-state index < -0.39 is 0 Å². The number of H-pyrrole nitrogens is 1. The van der Waals surface area contributed by atoms with Crippen molar-refractivity contribution in [2.75, 3.05) is 11.2 Å². The summed E-state index contributed by atoms with van der Waals surface area (Å²) in [6.45, 7) is 0. The second kappa shape index (κ2) is 3.07. The summed E-state index contributed by atoms with van der Waals surface area (Å²) in [5.41, 5.74) is 10.6. The molecule has 6 N–H and O–H groups in total. The number of nitrogen functional groups attached to an aromatic ring is 2. The normalized spacial score (nSPS) is 11.1. The van der Waals surface area contributed by atoms with E-state index in [1.54, 1.807) is 0 Å². The Hall–Kier alpha value is -2.34. The number of nitrogens with two attached hydrogens (primary N) is 2. The summed E-state index contributed by atoms with van der Waals surface area (Å²) in [5.74, 6) is 5.99. The molecule has 2 heterocycles. The highest BCUT2D eigenvalue weighted by Gasteiger charge is 2.12. The number of rotatable bonds is 1. The first kappa shape index (κ1) is 8.93. The quantitative estimate of drug-likeness (QED) is 0.357. The highest BCUT2D eigenvalue weighted by Crippen LogP contribution is 2.31. The number of aromatic amines is 1. The fraction of sp³-hybridized carbons (Fsp3) is 0.